The molecule has 1 atom stereocenters. The molecule has 2 aromatic carbocycles. The van der Waals surface area contributed by atoms with Crippen LogP contribution >= 0.6 is 11.6 Å². The largest absolute Gasteiger partial charge is 0.288 e. The lowest BCUT2D eigenvalue weighted by Crippen LogP contribution is -2.40. The van der Waals surface area contributed by atoms with Gasteiger partial charge in [0.2, 0.25) is 5.91 Å². The van der Waals surface area contributed by atoms with Gasteiger partial charge in [0.1, 0.15) is 6.04 Å². The number of amides is 2. The van der Waals surface area contributed by atoms with Crippen molar-refractivity contribution in [1.82, 2.24) is 4.90 Å². The SMILES string of the molecule is O=C1CC(N(O)c2ccc(Cl)cc2)C(=O)N1Cc1ccccc1. The van der Waals surface area contributed by atoms with E-state index < -0.39 is 11.9 Å². The topological polar surface area (TPSA) is 60.9 Å². The van der Waals surface area contributed by atoms with Crippen molar-refractivity contribution in [3.8, 4) is 0 Å². The molecule has 23 heavy (non-hydrogen) atoms. The fourth-order valence-electron chi connectivity index (χ4n) is 2.56. The summed E-state index contributed by atoms with van der Waals surface area (Å²) in [5.41, 5.74) is 1.29. The van der Waals surface area contributed by atoms with Crippen molar-refractivity contribution in [2.75, 3.05) is 5.06 Å². The first kappa shape index (κ1) is 15.5. The number of carbonyl (C=O) groups excluding carboxylic acids is 2. The van der Waals surface area contributed by atoms with Crippen LogP contribution in [0.25, 0.3) is 0 Å². The van der Waals surface area contributed by atoms with E-state index in [1.54, 1.807) is 24.3 Å². The molecule has 118 valence electrons. The van der Waals surface area contributed by atoms with E-state index in [1.165, 1.54) is 4.90 Å². The summed E-state index contributed by atoms with van der Waals surface area (Å²) in [6.45, 7) is 0.212. The lowest BCUT2D eigenvalue weighted by atomic mass is 10.2. The first-order valence-electron chi connectivity index (χ1n) is 7.18. The number of likely N-dealkylation sites (tertiary alicyclic amines) is 1. The molecule has 0 radical (unpaired) electrons. The standard InChI is InChI=1S/C17H15ClN2O3/c18-13-6-8-14(9-7-13)20(23)15-10-16(21)19(17(15)22)11-12-4-2-1-3-5-12/h1-9,15,23H,10-11H2. The molecular formula is C17H15ClN2O3. The van der Waals surface area contributed by atoms with Gasteiger partial charge in [-0.2, -0.15) is 0 Å². The summed E-state index contributed by atoms with van der Waals surface area (Å²) in [4.78, 5) is 25.8. The molecule has 1 aliphatic heterocycles. The molecule has 0 bridgehead atoms. The highest BCUT2D eigenvalue weighted by molar-refractivity contribution is 6.30. The van der Waals surface area contributed by atoms with Gasteiger partial charge in [0.05, 0.1) is 18.7 Å². The Morgan fingerprint density at radius 2 is 1.74 bits per heavy atom. The summed E-state index contributed by atoms with van der Waals surface area (Å²) in [6.07, 6.45) is -0.0508. The van der Waals surface area contributed by atoms with Gasteiger partial charge in [0, 0.05) is 5.02 Å². The minimum absolute atomic E-state index is 0.0508. The number of nitrogens with zero attached hydrogens (tertiary/aromatic N) is 2. The van der Waals surface area contributed by atoms with Crippen molar-refractivity contribution in [2.45, 2.75) is 19.0 Å². The minimum Gasteiger partial charge on any atom is -0.288 e. The third kappa shape index (κ3) is 3.21. The maximum Gasteiger partial charge on any atom is 0.255 e. The van der Waals surface area contributed by atoms with Gasteiger partial charge >= 0.3 is 0 Å². The van der Waals surface area contributed by atoms with Crippen LogP contribution in [-0.2, 0) is 16.1 Å². The Kier molecular flexibility index (Phi) is 4.32. The van der Waals surface area contributed by atoms with Crippen LogP contribution in [0, 0.1) is 0 Å². The predicted octanol–water partition coefficient (Wildman–Crippen LogP) is 2.86. The van der Waals surface area contributed by atoms with Gasteiger partial charge in [-0.1, -0.05) is 41.9 Å². The molecule has 5 nitrogen and oxygen atoms in total. The molecule has 2 aromatic rings. The van der Waals surface area contributed by atoms with E-state index in [4.69, 9.17) is 11.6 Å². The van der Waals surface area contributed by atoms with Gasteiger partial charge in [0.15, 0.2) is 0 Å². The molecule has 0 aromatic heterocycles. The highest BCUT2D eigenvalue weighted by atomic mass is 35.5. The maximum atomic E-state index is 12.5. The maximum absolute atomic E-state index is 12.5. The zero-order valence-electron chi connectivity index (χ0n) is 12.2. The number of hydrogen-bond acceptors (Lipinski definition) is 4. The Morgan fingerprint density at radius 1 is 1.09 bits per heavy atom. The molecule has 6 heteroatoms. The van der Waals surface area contributed by atoms with Crippen LogP contribution in [0.4, 0.5) is 5.69 Å². The predicted molar refractivity (Wildman–Crippen MR) is 86.1 cm³/mol. The number of halogens is 1. The second-order valence-electron chi connectivity index (χ2n) is 5.34. The van der Waals surface area contributed by atoms with E-state index in [0.717, 1.165) is 10.6 Å². The zero-order chi connectivity index (χ0) is 16.4. The van der Waals surface area contributed by atoms with Crippen LogP contribution in [0.2, 0.25) is 5.02 Å². The third-order valence-electron chi connectivity index (χ3n) is 3.79. The van der Waals surface area contributed by atoms with Crippen molar-refractivity contribution in [1.29, 1.82) is 0 Å². The Hall–Kier alpha value is -2.37. The molecule has 1 aliphatic rings. The number of carbonyl (C=O) groups is 2. The molecule has 0 aliphatic carbocycles. The molecule has 0 spiro atoms. The number of rotatable bonds is 4. The van der Waals surface area contributed by atoms with E-state index in [2.05, 4.69) is 0 Å². The van der Waals surface area contributed by atoms with Crippen LogP contribution in [0.5, 0.6) is 0 Å². The van der Waals surface area contributed by atoms with Gasteiger partial charge in [-0.3, -0.25) is 19.7 Å². The molecular weight excluding hydrogens is 316 g/mol. The first-order chi connectivity index (χ1) is 11.1. The quantitative estimate of drug-likeness (QED) is 0.691. The van der Waals surface area contributed by atoms with Crippen molar-refractivity contribution >= 4 is 29.1 Å². The Balaban J connectivity index is 1.76. The normalized spacial score (nSPS) is 17.7. The summed E-state index contributed by atoms with van der Waals surface area (Å²) in [6, 6.07) is 14.8. The van der Waals surface area contributed by atoms with Gasteiger partial charge in [0.25, 0.3) is 5.91 Å². The van der Waals surface area contributed by atoms with Crippen LogP contribution < -0.4 is 5.06 Å². The van der Waals surface area contributed by atoms with Gasteiger partial charge in [-0.15, -0.1) is 0 Å². The fraction of sp³-hybridized carbons (Fsp3) is 0.176. The molecule has 0 saturated carbocycles. The highest BCUT2D eigenvalue weighted by Gasteiger charge is 2.42. The van der Waals surface area contributed by atoms with E-state index in [9.17, 15) is 14.8 Å². The molecule has 1 heterocycles. The van der Waals surface area contributed by atoms with Crippen LogP contribution in [0.15, 0.2) is 54.6 Å². The zero-order valence-corrected chi connectivity index (χ0v) is 13.0. The lowest BCUT2D eigenvalue weighted by Gasteiger charge is -2.22. The number of hydroxylamine groups is 1. The van der Waals surface area contributed by atoms with Crippen molar-refractivity contribution < 1.29 is 14.8 Å². The van der Waals surface area contributed by atoms with Crippen molar-refractivity contribution in [3.63, 3.8) is 0 Å². The summed E-state index contributed by atoms with van der Waals surface area (Å²) in [5, 5.41) is 11.6. The first-order valence-corrected chi connectivity index (χ1v) is 7.56. The van der Waals surface area contributed by atoms with E-state index >= 15 is 0 Å². The van der Waals surface area contributed by atoms with Crippen LogP contribution in [-0.4, -0.2) is 28.0 Å². The number of imide groups is 1. The number of benzene rings is 2. The van der Waals surface area contributed by atoms with Gasteiger partial charge < -0.3 is 0 Å². The second-order valence-corrected chi connectivity index (χ2v) is 5.78. The van der Waals surface area contributed by atoms with E-state index in [0.29, 0.717) is 10.7 Å². The van der Waals surface area contributed by atoms with Gasteiger partial charge in [-0.25, -0.2) is 5.06 Å². The van der Waals surface area contributed by atoms with Crippen LogP contribution in [0.3, 0.4) is 0 Å². The minimum atomic E-state index is -0.910. The summed E-state index contributed by atoms with van der Waals surface area (Å²) in [5.74, 6) is -0.701. The average molecular weight is 331 g/mol. The Bertz CT molecular complexity index is 718. The summed E-state index contributed by atoms with van der Waals surface area (Å²) >= 11 is 5.81. The summed E-state index contributed by atoms with van der Waals surface area (Å²) in [7, 11) is 0. The fourth-order valence-corrected chi connectivity index (χ4v) is 2.69. The molecule has 2 amide bonds. The smallest absolute Gasteiger partial charge is 0.255 e. The number of hydrogen-bond donors (Lipinski definition) is 1. The van der Waals surface area contributed by atoms with Gasteiger partial charge in [-0.05, 0) is 29.8 Å². The van der Waals surface area contributed by atoms with E-state index in [1.807, 2.05) is 30.3 Å². The van der Waals surface area contributed by atoms with Crippen molar-refractivity contribution in [2.24, 2.45) is 0 Å². The highest BCUT2D eigenvalue weighted by Crippen LogP contribution is 2.25. The number of anilines is 1. The average Bonchev–Trinajstić information content (AvgIpc) is 2.84. The van der Waals surface area contributed by atoms with E-state index in [-0.39, 0.29) is 18.9 Å². The van der Waals surface area contributed by atoms with Crippen LogP contribution in [0.1, 0.15) is 12.0 Å². The molecule has 1 fully saturated rings. The summed E-state index contributed by atoms with van der Waals surface area (Å²) < 4.78 is 0. The molecule has 1 saturated heterocycles. The third-order valence-corrected chi connectivity index (χ3v) is 4.04. The monoisotopic (exact) mass is 330 g/mol. The molecule has 1 unspecified atom stereocenters. The Labute approximate surface area is 138 Å². The molecule has 1 N–H and O–H groups in total. The molecule has 3 rings (SSSR count). The van der Waals surface area contributed by atoms with Crippen molar-refractivity contribution in [3.05, 3.63) is 65.2 Å². The lowest BCUT2D eigenvalue weighted by molar-refractivity contribution is -0.139. The second kappa shape index (κ2) is 6.40. The Morgan fingerprint density at radius 3 is 2.39 bits per heavy atom.